The number of hydrogen-bond acceptors (Lipinski definition) is 2. The first-order valence-electron chi connectivity index (χ1n) is 6.99. The van der Waals surface area contributed by atoms with E-state index in [2.05, 4.69) is 4.99 Å². The van der Waals surface area contributed by atoms with E-state index < -0.39 is 23.4 Å². The van der Waals surface area contributed by atoms with Crippen LogP contribution in [0.1, 0.15) is 30.0 Å². The second-order valence-corrected chi connectivity index (χ2v) is 5.95. The lowest BCUT2D eigenvalue weighted by atomic mass is 10.1. The monoisotopic (exact) mass is 350 g/mol. The van der Waals surface area contributed by atoms with Crippen LogP contribution in [0.15, 0.2) is 17.1 Å². The molecule has 0 unspecified atom stereocenters. The highest BCUT2D eigenvalue weighted by molar-refractivity contribution is 7.09. The molecule has 0 fully saturated rings. The van der Waals surface area contributed by atoms with E-state index in [0.717, 1.165) is 17.0 Å². The minimum absolute atomic E-state index is 0.181. The molecule has 1 aromatic carbocycles. The van der Waals surface area contributed by atoms with Crippen molar-refractivity contribution in [1.82, 2.24) is 4.57 Å². The summed E-state index contributed by atoms with van der Waals surface area (Å²) >= 11 is 1.36. The molecule has 0 aliphatic heterocycles. The molecule has 1 heterocycles. The zero-order chi connectivity index (χ0) is 17.4. The summed E-state index contributed by atoms with van der Waals surface area (Å²) < 4.78 is 66.8. The minimum Gasteiger partial charge on any atom is -0.321 e. The second-order valence-electron chi connectivity index (χ2n) is 4.89. The molecular formula is C15H15F5N2S. The molecule has 0 spiro atoms. The van der Waals surface area contributed by atoms with Gasteiger partial charge in [0.25, 0.3) is 0 Å². The number of benzene rings is 1. The fourth-order valence-electron chi connectivity index (χ4n) is 2.32. The van der Waals surface area contributed by atoms with Crippen LogP contribution in [0.3, 0.4) is 0 Å². The molecule has 126 valence electrons. The lowest BCUT2D eigenvalue weighted by Crippen LogP contribution is -2.15. The van der Waals surface area contributed by atoms with E-state index in [-0.39, 0.29) is 5.69 Å². The first-order chi connectivity index (χ1) is 10.7. The molecule has 8 heteroatoms. The molecule has 0 radical (unpaired) electrons. The number of nitrogens with zero attached hydrogens (tertiary/aromatic N) is 2. The molecule has 2 nitrogen and oxygen atoms in total. The lowest BCUT2D eigenvalue weighted by molar-refractivity contribution is -0.142. The van der Waals surface area contributed by atoms with Crippen molar-refractivity contribution in [2.24, 2.45) is 4.99 Å². The van der Waals surface area contributed by atoms with Gasteiger partial charge in [0.05, 0.1) is 5.69 Å². The van der Waals surface area contributed by atoms with Gasteiger partial charge in [-0.2, -0.15) is 13.2 Å². The Labute approximate surface area is 133 Å². The van der Waals surface area contributed by atoms with Gasteiger partial charge in [-0.05, 0) is 20.3 Å². The molecule has 0 N–H and O–H groups in total. The topological polar surface area (TPSA) is 17.3 Å². The Morgan fingerprint density at radius 2 is 1.70 bits per heavy atom. The van der Waals surface area contributed by atoms with Crippen LogP contribution >= 0.6 is 11.3 Å². The number of aromatic nitrogens is 1. The first kappa shape index (κ1) is 17.7. The van der Waals surface area contributed by atoms with Crippen molar-refractivity contribution in [1.29, 1.82) is 0 Å². The van der Waals surface area contributed by atoms with Gasteiger partial charge in [0.1, 0.15) is 17.2 Å². The van der Waals surface area contributed by atoms with Crippen LogP contribution in [0.25, 0.3) is 0 Å². The van der Waals surface area contributed by atoms with Gasteiger partial charge in [-0.25, -0.2) is 13.8 Å². The van der Waals surface area contributed by atoms with Gasteiger partial charge in [0, 0.05) is 29.2 Å². The van der Waals surface area contributed by atoms with Crippen molar-refractivity contribution in [3.8, 4) is 0 Å². The predicted octanol–water partition coefficient (Wildman–Crippen LogP) is 4.97. The zero-order valence-corrected chi connectivity index (χ0v) is 13.6. The van der Waals surface area contributed by atoms with Gasteiger partial charge in [-0.3, -0.25) is 0 Å². The average molecular weight is 350 g/mol. The summed E-state index contributed by atoms with van der Waals surface area (Å²) in [5, 5.41) is 0. The quantitative estimate of drug-likeness (QED) is 0.696. The third-order valence-electron chi connectivity index (χ3n) is 3.43. The van der Waals surface area contributed by atoms with E-state index in [4.69, 9.17) is 0 Å². The molecular weight excluding hydrogens is 335 g/mol. The molecule has 0 saturated carbocycles. The van der Waals surface area contributed by atoms with Crippen LogP contribution in [-0.4, -0.2) is 4.57 Å². The van der Waals surface area contributed by atoms with E-state index >= 15 is 0 Å². The molecule has 0 saturated heterocycles. The summed E-state index contributed by atoms with van der Waals surface area (Å²) in [6, 6.07) is 1.21. The Hall–Kier alpha value is -1.70. The SMILES string of the molecule is CCc1s/c(=N\c2cc(F)c(C(F)(F)F)c(F)c2)n(CC)c1C. The summed E-state index contributed by atoms with van der Waals surface area (Å²) in [5.74, 6) is -3.33. The van der Waals surface area contributed by atoms with E-state index in [1.54, 1.807) is 0 Å². The van der Waals surface area contributed by atoms with Gasteiger partial charge in [0.15, 0.2) is 4.80 Å². The van der Waals surface area contributed by atoms with E-state index in [9.17, 15) is 22.0 Å². The third kappa shape index (κ3) is 3.46. The number of alkyl halides is 3. The number of rotatable bonds is 3. The maximum atomic E-state index is 13.6. The second kappa shape index (κ2) is 6.43. The van der Waals surface area contributed by atoms with Crippen molar-refractivity contribution < 1.29 is 22.0 Å². The summed E-state index contributed by atoms with van der Waals surface area (Å²) in [6.07, 6.45) is -4.30. The Morgan fingerprint density at radius 3 is 2.13 bits per heavy atom. The van der Waals surface area contributed by atoms with Crippen LogP contribution in [0.2, 0.25) is 0 Å². The normalized spacial score (nSPS) is 13.0. The number of hydrogen-bond donors (Lipinski definition) is 0. The van der Waals surface area contributed by atoms with Crippen LogP contribution in [-0.2, 0) is 19.1 Å². The molecule has 0 bridgehead atoms. The number of thiazole rings is 1. The van der Waals surface area contributed by atoms with E-state index in [1.165, 1.54) is 11.3 Å². The van der Waals surface area contributed by atoms with Crippen molar-refractivity contribution in [2.45, 2.75) is 39.9 Å². The largest absolute Gasteiger partial charge is 0.422 e. The van der Waals surface area contributed by atoms with Gasteiger partial charge < -0.3 is 4.57 Å². The zero-order valence-electron chi connectivity index (χ0n) is 12.8. The first-order valence-corrected chi connectivity index (χ1v) is 7.80. The Bertz CT molecular complexity index is 763. The highest BCUT2D eigenvalue weighted by atomic mass is 32.1. The van der Waals surface area contributed by atoms with Gasteiger partial charge in [-0.1, -0.05) is 6.92 Å². The van der Waals surface area contributed by atoms with Gasteiger partial charge in [0.2, 0.25) is 0 Å². The maximum absolute atomic E-state index is 13.6. The fourth-order valence-corrected chi connectivity index (χ4v) is 3.47. The average Bonchev–Trinajstić information content (AvgIpc) is 2.71. The van der Waals surface area contributed by atoms with Crippen molar-refractivity contribution in [3.63, 3.8) is 0 Å². The lowest BCUT2D eigenvalue weighted by Gasteiger charge is -2.09. The molecule has 0 atom stereocenters. The van der Waals surface area contributed by atoms with Crippen LogP contribution in [0, 0.1) is 18.6 Å². The standard InChI is InChI=1S/C15H15F5N2S/c1-4-12-8(3)22(5-2)14(23-12)21-9-6-10(16)13(11(17)7-9)15(18,19)20/h6-7H,4-5H2,1-3H3/b21-14-. The van der Waals surface area contributed by atoms with Crippen molar-refractivity contribution in [2.75, 3.05) is 0 Å². The van der Waals surface area contributed by atoms with Crippen LogP contribution in [0.4, 0.5) is 27.6 Å². The summed E-state index contributed by atoms with van der Waals surface area (Å²) in [5.41, 5.74) is -1.08. The number of halogens is 5. The van der Waals surface area contributed by atoms with Crippen LogP contribution in [0.5, 0.6) is 0 Å². The molecule has 1 aromatic heterocycles. The van der Waals surface area contributed by atoms with Gasteiger partial charge >= 0.3 is 6.18 Å². The summed E-state index contributed by atoms with van der Waals surface area (Å²) in [7, 11) is 0. The number of aryl methyl sites for hydroxylation is 1. The third-order valence-corrected chi connectivity index (χ3v) is 4.75. The van der Waals surface area contributed by atoms with Crippen molar-refractivity contribution >= 4 is 17.0 Å². The summed E-state index contributed by atoms with van der Waals surface area (Å²) in [4.78, 5) is 5.69. The molecule has 0 aliphatic rings. The molecule has 0 aliphatic carbocycles. The molecule has 0 amide bonds. The summed E-state index contributed by atoms with van der Waals surface area (Å²) in [6.45, 7) is 6.38. The Balaban J connectivity index is 2.62. The smallest absolute Gasteiger partial charge is 0.321 e. The highest BCUT2D eigenvalue weighted by Crippen LogP contribution is 2.35. The fraction of sp³-hybridized carbons (Fsp3) is 0.400. The maximum Gasteiger partial charge on any atom is 0.422 e. The molecule has 2 aromatic rings. The highest BCUT2D eigenvalue weighted by Gasteiger charge is 2.37. The van der Waals surface area contributed by atoms with Crippen molar-refractivity contribution in [3.05, 3.63) is 44.7 Å². The Kier molecular flexibility index (Phi) is 4.93. The molecule has 23 heavy (non-hydrogen) atoms. The minimum atomic E-state index is -5.08. The van der Waals surface area contributed by atoms with E-state index in [1.807, 2.05) is 25.3 Å². The predicted molar refractivity (Wildman–Crippen MR) is 78.7 cm³/mol. The molecule has 2 rings (SSSR count). The Morgan fingerprint density at radius 1 is 1.13 bits per heavy atom. The van der Waals surface area contributed by atoms with Gasteiger partial charge in [-0.15, -0.1) is 11.3 Å². The van der Waals surface area contributed by atoms with E-state index in [0.29, 0.717) is 23.5 Å². The van der Waals surface area contributed by atoms with Crippen LogP contribution < -0.4 is 4.80 Å².